The highest BCUT2D eigenvalue weighted by Crippen LogP contribution is 2.33. The minimum Gasteiger partial charge on any atom is -0.394 e. The number of halogens is 3. The molecule has 0 fully saturated rings. The van der Waals surface area contributed by atoms with Gasteiger partial charge in [0.05, 0.1) is 18.8 Å². The number of rotatable bonds is 6. The maximum Gasteiger partial charge on any atom is 0.287 e. The van der Waals surface area contributed by atoms with Crippen molar-refractivity contribution in [1.82, 2.24) is 10.0 Å². The van der Waals surface area contributed by atoms with Crippen LogP contribution in [-0.2, 0) is 11.9 Å². The van der Waals surface area contributed by atoms with E-state index in [0.29, 0.717) is 0 Å². The Morgan fingerprint density at radius 2 is 2.24 bits per heavy atom. The van der Waals surface area contributed by atoms with Gasteiger partial charge >= 0.3 is 0 Å². The monoisotopic (exact) mass is 467 g/mol. The fourth-order valence-corrected chi connectivity index (χ4v) is 2.79. The summed E-state index contributed by atoms with van der Waals surface area (Å²) in [5.74, 6) is -2.07. The van der Waals surface area contributed by atoms with Crippen molar-refractivity contribution in [2.75, 3.05) is 18.5 Å². The molecular formula is C15H16F2IN3O4. The number of carbonyl (C=O) groups excluding carboxylic acids is 1. The topological polar surface area (TPSA) is 92.6 Å². The van der Waals surface area contributed by atoms with E-state index >= 15 is 0 Å². The molecule has 1 amide bonds. The molecule has 2 rings (SSSR count). The average Bonchev–Trinajstić information content (AvgIpc) is 2.58. The molecule has 1 aromatic rings. The molecule has 0 aliphatic heterocycles. The van der Waals surface area contributed by atoms with Crippen LogP contribution in [0.2, 0.25) is 0 Å². The molecule has 2 atom stereocenters. The predicted molar refractivity (Wildman–Crippen MR) is 95.7 cm³/mol. The molecule has 10 heteroatoms. The largest absolute Gasteiger partial charge is 0.394 e. The van der Waals surface area contributed by atoms with Crippen LogP contribution in [0.4, 0.5) is 14.6 Å². The van der Waals surface area contributed by atoms with Gasteiger partial charge in [-0.15, -0.1) is 0 Å². The number of carbonyl (C=O) groups is 1. The molecule has 3 N–H and O–H groups in total. The van der Waals surface area contributed by atoms with E-state index in [0.717, 1.165) is 10.6 Å². The number of nitrogens with zero attached hydrogens (tertiary/aromatic N) is 1. The Bertz CT molecular complexity index is 781. The van der Waals surface area contributed by atoms with Crippen LogP contribution in [0, 0.1) is 5.82 Å². The van der Waals surface area contributed by atoms with E-state index < -0.39 is 27.0 Å². The maximum atomic E-state index is 14.3. The normalized spacial score (nSPS) is 22.0. The Morgan fingerprint density at radius 1 is 1.52 bits per heavy atom. The number of pyridine rings is 1. The standard InChI is InChI=1S/C15H16F2IN3O4/c1-21-12(19-15(18)5-3-2-4-11(15)17)9(8-10(16)14(21)24)13(23)20-25-7-6-22/h2-5,8,11,19,22H,6-7H2,1H3,(H,20,23). The van der Waals surface area contributed by atoms with Crippen molar-refractivity contribution < 1.29 is 23.5 Å². The predicted octanol–water partition coefficient (Wildman–Crippen LogP) is 1.19. The summed E-state index contributed by atoms with van der Waals surface area (Å²) in [6.45, 7) is -0.496. The van der Waals surface area contributed by atoms with Crippen molar-refractivity contribution >= 4 is 34.3 Å². The molecule has 1 heterocycles. The highest BCUT2D eigenvalue weighted by Gasteiger charge is 2.36. The molecule has 0 spiro atoms. The molecule has 0 radical (unpaired) electrons. The Hall–Kier alpha value is -1.79. The summed E-state index contributed by atoms with van der Waals surface area (Å²) in [5, 5.41) is 11.4. The first-order valence-electron chi connectivity index (χ1n) is 7.20. The number of allylic oxidation sites excluding steroid dienone is 2. The molecule has 0 aromatic carbocycles. The Morgan fingerprint density at radius 3 is 2.88 bits per heavy atom. The minimum absolute atomic E-state index is 0.0755. The van der Waals surface area contributed by atoms with E-state index in [4.69, 9.17) is 9.94 Å². The Kier molecular flexibility index (Phi) is 6.30. The van der Waals surface area contributed by atoms with Crippen LogP contribution in [0.1, 0.15) is 10.4 Å². The lowest BCUT2D eigenvalue weighted by Gasteiger charge is -2.31. The number of aliphatic hydroxyl groups is 1. The first-order valence-corrected chi connectivity index (χ1v) is 8.27. The second kappa shape index (κ2) is 8.06. The Labute approximate surface area is 155 Å². The first kappa shape index (κ1) is 19.5. The van der Waals surface area contributed by atoms with Crippen molar-refractivity contribution in [2.45, 2.75) is 9.72 Å². The summed E-state index contributed by atoms with van der Waals surface area (Å²) >= 11 is 1.80. The number of hydrogen-bond acceptors (Lipinski definition) is 5. The lowest BCUT2D eigenvalue weighted by atomic mass is 10.1. The summed E-state index contributed by atoms with van der Waals surface area (Å²) in [7, 11) is 1.26. The number of nitrogens with one attached hydrogen (secondary N) is 2. The minimum atomic E-state index is -1.44. The highest BCUT2D eigenvalue weighted by atomic mass is 127. The molecule has 136 valence electrons. The number of aromatic nitrogens is 1. The van der Waals surface area contributed by atoms with Gasteiger partial charge in [0.2, 0.25) is 0 Å². The molecule has 7 nitrogen and oxygen atoms in total. The number of amides is 1. The zero-order valence-corrected chi connectivity index (χ0v) is 15.3. The van der Waals surface area contributed by atoms with Gasteiger partial charge in [-0.25, -0.2) is 14.3 Å². The van der Waals surface area contributed by atoms with Gasteiger partial charge in [-0.05, 0) is 40.8 Å². The lowest BCUT2D eigenvalue weighted by Crippen LogP contribution is -2.42. The lowest BCUT2D eigenvalue weighted by molar-refractivity contribution is 0.0168. The molecule has 1 aliphatic rings. The van der Waals surface area contributed by atoms with Crippen LogP contribution in [0.5, 0.6) is 0 Å². The zero-order chi connectivity index (χ0) is 18.6. The fraction of sp³-hybridized carbons (Fsp3) is 0.333. The van der Waals surface area contributed by atoms with Gasteiger partial charge in [-0.2, -0.15) is 0 Å². The zero-order valence-electron chi connectivity index (χ0n) is 13.1. The van der Waals surface area contributed by atoms with Gasteiger partial charge in [0.1, 0.15) is 9.36 Å². The van der Waals surface area contributed by atoms with Crippen molar-refractivity contribution in [1.29, 1.82) is 0 Å². The first-order chi connectivity index (χ1) is 11.8. The SMILES string of the molecule is Cn1c(NC2(I)C=CC=CC2F)c(C(=O)NOCCO)cc(F)c1=O. The van der Waals surface area contributed by atoms with E-state index in [2.05, 4.69) is 5.32 Å². The summed E-state index contributed by atoms with van der Waals surface area (Å²) in [6.07, 6.45) is 4.53. The molecule has 0 saturated heterocycles. The average molecular weight is 467 g/mol. The van der Waals surface area contributed by atoms with Gasteiger partial charge in [0.15, 0.2) is 12.0 Å². The molecule has 0 bridgehead atoms. The smallest absolute Gasteiger partial charge is 0.287 e. The molecular weight excluding hydrogens is 451 g/mol. The number of anilines is 1. The number of aliphatic hydroxyl groups excluding tert-OH is 1. The van der Waals surface area contributed by atoms with Crippen LogP contribution in [0.15, 0.2) is 35.2 Å². The number of hydrogen-bond donors (Lipinski definition) is 3. The van der Waals surface area contributed by atoms with Crippen molar-refractivity contribution in [3.05, 3.63) is 52.1 Å². The molecule has 0 saturated carbocycles. The van der Waals surface area contributed by atoms with E-state index in [9.17, 15) is 18.4 Å². The van der Waals surface area contributed by atoms with Gasteiger partial charge in [-0.3, -0.25) is 19.0 Å². The third-order valence-corrected chi connectivity index (χ3v) is 4.64. The number of alkyl halides is 2. The third kappa shape index (κ3) is 4.25. The van der Waals surface area contributed by atoms with Crippen LogP contribution >= 0.6 is 22.6 Å². The maximum absolute atomic E-state index is 14.3. The van der Waals surface area contributed by atoms with Crippen LogP contribution < -0.4 is 16.4 Å². The second-order valence-electron chi connectivity index (χ2n) is 5.16. The summed E-state index contributed by atoms with van der Waals surface area (Å²) in [5.41, 5.74) is 0.808. The van der Waals surface area contributed by atoms with Gasteiger partial charge in [0.25, 0.3) is 11.5 Å². The summed E-state index contributed by atoms with van der Waals surface area (Å²) < 4.78 is 27.7. The van der Waals surface area contributed by atoms with Crippen LogP contribution in [0.25, 0.3) is 0 Å². The van der Waals surface area contributed by atoms with Gasteiger partial charge in [-0.1, -0.05) is 12.2 Å². The second-order valence-corrected chi connectivity index (χ2v) is 6.95. The van der Waals surface area contributed by atoms with Crippen molar-refractivity contribution in [2.24, 2.45) is 7.05 Å². The van der Waals surface area contributed by atoms with Crippen molar-refractivity contribution in [3.8, 4) is 0 Å². The van der Waals surface area contributed by atoms with Crippen LogP contribution in [0.3, 0.4) is 0 Å². The third-order valence-electron chi connectivity index (χ3n) is 3.41. The van der Waals surface area contributed by atoms with Crippen molar-refractivity contribution in [3.63, 3.8) is 0 Å². The molecule has 1 aliphatic carbocycles. The van der Waals surface area contributed by atoms with E-state index in [-0.39, 0.29) is 24.6 Å². The van der Waals surface area contributed by atoms with E-state index in [1.54, 1.807) is 28.7 Å². The van der Waals surface area contributed by atoms with Crippen LogP contribution in [-0.4, -0.2) is 38.5 Å². The van der Waals surface area contributed by atoms with Gasteiger partial charge < -0.3 is 10.4 Å². The van der Waals surface area contributed by atoms with E-state index in [1.165, 1.54) is 25.3 Å². The fourth-order valence-electron chi connectivity index (χ4n) is 2.12. The molecule has 1 aromatic heterocycles. The summed E-state index contributed by atoms with van der Waals surface area (Å²) in [6, 6.07) is 0.748. The quantitative estimate of drug-likeness (QED) is 0.192. The van der Waals surface area contributed by atoms with Gasteiger partial charge in [0, 0.05) is 7.05 Å². The Balaban J connectivity index is 2.43. The molecule has 25 heavy (non-hydrogen) atoms. The summed E-state index contributed by atoms with van der Waals surface area (Å²) in [4.78, 5) is 28.8. The number of hydroxylamine groups is 1. The highest BCUT2D eigenvalue weighted by molar-refractivity contribution is 14.1. The molecule has 2 unspecified atom stereocenters. The van der Waals surface area contributed by atoms with E-state index in [1.807, 2.05) is 5.48 Å².